The molecule has 0 amide bonds. The molecule has 2 rings (SSSR count). The van der Waals surface area contributed by atoms with Crippen molar-refractivity contribution in [1.29, 1.82) is 0 Å². The molecule has 7 nitrogen and oxygen atoms in total. The molecule has 0 bridgehead atoms. The van der Waals surface area contributed by atoms with Crippen LogP contribution in [0.15, 0.2) is 30.3 Å². The van der Waals surface area contributed by atoms with E-state index in [4.69, 9.17) is 23.3 Å². The van der Waals surface area contributed by atoms with Crippen LogP contribution in [-0.2, 0) is 0 Å². The van der Waals surface area contributed by atoms with E-state index >= 15 is 0 Å². The third-order valence-electron chi connectivity index (χ3n) is 2.14. The lowest BCUT2D eigenvalue weighted by Gasteiger charge is -2.09. The van der Waals surface area contributed by atoms with Crippen LogP contribution < -0.4 is 27.9 Å². The standard InChI is InChI=1S/C10H12ClN7/c11-6-3-1-2-4-7(6)14-10-15-8(17-12)5-9(16-10)18-13/h1-5H,12-13H2,(H3,14,15,16,17,18). The van der Waals surface area contributed by atoms with E-state index in [1.54, 1.807) is 12.1 Å². The molecule has 1 aromatic carbocycles. The molecule has 1 aromatic heterocycles. The maximum atomic E-state index is 6.02. The van der Waals surface area contributed by atoms with Crippen LogP contribution in [0.4, 0.5) is 23.3 Å². The number of nitrogen functional groups attached to an aromatic ring is 2. The smallest absolute Gasteiger partial charge is 0.231 e. The van der Waals surface area contributed by atoms with Crippen LogP contribution in [0.2, 0.25) is 5.02 Å². The highest BCUT2D eigenvalue weighted by atomic mass is 35.5. The summed E-state index contributed by atoms with van der Waals surface area (Å²) in [6.45, 7) is 0. The zero-order valence-corrected chi connectivity index (χ0v) is 10.1. The number of nitrogens with two attached hydrogens (primary N) is 2. The van der Waals surface area contributed by atoms with E-state index in [0.29, 0.717) is 28.3 Å². The minimum absolute atomic E-state index is 0.325. The molecule has 2 aromatic rings. The number of hydrogen-bond donors (Lipinski definition) is 5. The predicted molar refractivity (Wildman–Crippen MR) is 72.4 cm³/mol. The topological polar surface area (TPSA) is 114 Å². The number of rotatable bonds is 4. The monoisotopic (exact) mass is 265 g/mol. The highest BCUT2D eigenvalue weighted by Gasteiger charge is 2.05. The number of anilines is 4. The van der Waals surface area contributed by atoms with Crippen LogP contribution in [0, 0.1) is 0 Å². The fourth-order valence-electron chi connectivity index (χ4n) is 1.33. The van der Waals surface area contributed by atoms with Crippen LogP contribution in [0.3, 0.4) is 0 Å². The number of hydrogen-bond acceptors (Lipinski definition) is 7. The number of aromatic nitrogens is 2. The number of para-hydroxylation sites is 1. The molecule has 0 radical (unpaired) electrons. The first kappa shape index (κ1) is 12.4. The Morgan fingerprint density at radius 1 is 1.00 bits per heavy atom. The van der Waals surface area contributed by atoms with Gasteiger partial charge < -0.3 is 16.2 Å². The van der Waals surface area contributed by atoms with Crippen molar-refractivity contribution in [2.75, 3.05) is 16.2 Å². The van der Waals surface area contributed by atoms with E-state index in [1.165, 1.54) is 0 Å². The Bertz CT molecular complexity index is 523. The Morgan fingerprint density at radius 2 is 1.61 bits per heavy atom. The van der Waals surface area contributed by atoms with E-state index in [0.717, 1.165) is 0 Å². The van der Waals surface area contributed by atoms with Gasteiger partial charge >= 0.3 is 0 Å². The van der Waals surface area contributed by atoms with E-state index in [1.807, 2.05) is 18.2 Å². The van der Waals surface area contributed by atoms with Crippen molar-refractivity contribution in [3.8, 4) is 0 Å². The second-order valence-corrected chi connectivity index (χ2v) is 3.76. The van der Waals surface area contributed by atoms with Gasteiger partial charge in [0.25, 0.3) is 0 Å². The van der Waals surface area contributed by atoms with Crippen LogP contribution in [-0.4, -0.2) is 9.97 Å². The Morgan fingerprint density at radius 3 is 2.17 bits per heavy atom. The van der Waals surface area contributed by atoms with Gasteiger partial charge in [-0.05, 0) is 12.1 Å². The summed E-state index contributed by atoms with van der Waals surface area (Å²) in [5, 5.41) is 3.54. The lowest BCUT2D eigenvalue weighted by molar-refractivity contribution is 1.12. The Labute approximate surface area is 109 Å². The van der Waals surface area contributed by atoms with E-state index in [2.05, 4.69) is 26.1 Å². The molecule has 7 N–H and O–H groups in total. The van der Waals surface area contributed by atoms with Crippen molar-refractivity contribution < 1.29 is 0 Å². The normalized spacial score (nSPS) is 9.94. The Balaban J connectivity index is 2.31. The molecule has 0 aliphatic carbocycles. The zero-order chi connectivity index (χ0) is 13.0. The molecule has 0 atom stereocenters. The summed E-state index contributed by atoms with van der Waals surface area (Å²) in [6, 6.07) is 8.82. The SMILES string of the molecule is NNc1cc(NN)nc(Nc2ccccc2Cl)n1. The molecule has 8 heteroatoms. The second kappa shape index (κ2) is 5.50. The number of nitrogens with one attached hydrogen (secondary N) is 3. The van der Waals surface area contributed by atoms with Crippen molar-refractivity contribution in [2.45, 2.75) is 0 Å². The summed E-state index contributed by atoms with van der Waals surface area (Å²) in [5.74, 6) is 11.8. The third-order valence-corrected chi connectivity index (χ3v) is 2.47. The largest absolute Gasteiger partial charge is 0.323 e. The van der Waals surface area contributed by atoms with Gasteiger partial charge in [-0.25, -0.2) is 11.7 Å². The molecular weight excluding hydrogens is 254 g/mol. The van der Waals surface area contributed by atoms with Crippen molar-refractivity contribution in [3.05, 3.63) is 35.4 Å². The number of hydrazine groups is 2. The minimum Gasteiger partial charge on any atom is -0.323 e. The lowest BCUT2D eigenvalue weighted by Crippen LogP contribution is -2.14. The number of halogens is 1. The summed E-state index contributed by atoms with van der Waals surface area (Å²) in [6.07, 6.45) is 0. The predicted octanol–water partition coefficient (Wildman–Crippen LogP) is 1.44. The third kappa shape index (κ3) is 2.77. The van der Waals surface area contributed by atoms with E-state index in [-0.39, 0.29) is 0 Å². The number of nitrogens with zero attached hydrogens (tertiary/aromatic N) is 2. The summed E-state index contributed by atoms with van der Waals surface area (Å²) < 4.78 is 0. The first-order chi connectivity index (χ1) is 8.72. The fraction of sp³-hybridized carbons (Fsp3) is 0. The molecule has 0 aliphatic heterocycles. The maximum Gasteiger partial charge on any atom is 0.231 e. The molecule has 0 saturated heterocycles. The molecular formula is C10H12ClN7. The molecule has 0 aliphatic rings. The van der Waals surface area contributed by atoms with Crippen LogP contribution in [0.1, 0.15) is 0 Å². The van der Waals surface area contributed by atoms with Crippen molar-refractivity contribution >= 4 is 34.9 Å². The van der Waals surface area contributed by atoms with Gasteiger partial charge in [0.2, 0.25) is 5.95 Å². The quantitative estimate of drug-likeness (QED) is 0.420. The van der Waals surface area contributed by atoms with Crippen LogP contribution in [0.25, 0.3) is 0 Å². The highest BCUT2D eigenvalue weighted by Crippen LogP contribution is 2.24. The van der Waals surface area contributed by atoms with Crippen molar-refractivity contribution in [2.24, 2.45) is 11.7 Å². The van der Waals surface area contributed by atoms with Gasteiger partial charge in [-0.2, -0.15) is 9.97 Å². The first-order valence-corrected chi connectivity index (χ1v) is 5.44. The van der Waals surface area contributed by atoms with Gasteiger partial charge in [-0.15, -0.1) is 0 Å². The van der Waals surface area contributed by atoms with Crippen molar-refractivity contribution in [1.82, 2.24) is 9.97 Å². The van der Waals surface area contributed by atoms with Gasteiger partial charge in [-0.1, -0.05) is 23.7 Å². The maximum absolute atomic E-state index is 6.02. The average molecular weight is 266 g/mol. The van der Waals surface area contributed by atoms with Gasteiger partial charge in [0.05, 0.1) is 10.7 Å². The van der Waals surface area contributed by atoms with E-state index in [9.17, 15) is 0 Å². The van der Waals surface area contributed by atoms with Crippen molar-refractivity contribution in [3.63, 3.8) is 0 Å². The summed E-state index contributed by atoms with van der Waals surface area (Å²) in [5.41, 5.74) is 5.54. The Kier molecular flexibility index (Phi) is 3.78. The summed E-state index contributed by atoms with van der Waals surface area (Å²) >= 11 is 6.02. The fourth-order valence-corrected chi connectivity index (χ4v) is 1.52. The molecule has 0 saturated carbocycles. The molecule has 18 heavy (non-hydrogen) atoms. The van der Waals surface area contributed by atoms with Crippen LogP contribution in [0.5, 0.6) is 0 Å². The lowest BCUT2D eigenvalue weighted by atomic mass is 10.3. The van der Waals surface area contributed by atoms with Crippen LogP contribution >= 0.6 is 11.6 Å². The van der Waals surface area contributed by atoms with Gasteiger partial charge in [0.15, 0.2) is 0 Å². The van der Waals surface area contributed by atoms with Gasteiger partial charge in [0.1, 0.15) is 11.6 Å². The first-order valence-electron chi connectivity index (χ1n) is 5.07. The molecule has 0 unspecified atom stereocenters. The van der Waals surface area contributed by atoms with Gasteiger partial charge in [-0.3, -0.25) is 0 Å². The van der Waals surface area contributed by atoms with E-state index < -0.39 is 0 Å². The van der Waals surface area contributed by atoms with Gasteiger partial charge in [0, 0.05) is 6.07 Å². The zero-order valence-electron chi connectivity index (χ0n) is 9.31. The molecule has 0 spiro atoms. The molecule has 0 fully saturated rings. The highest BCUT2D eigenvalue weighted by molar-refractivity contribution is 6.33. The molecule has 1 heterocycles. The Hall–Kier alpha value is -2.09. The average Bonchev–Trinajstić information content (AvgIpc) is 2.41. The summed E-state index contributed by atoms with van der Waals surface area (Å²) in [7, 11) is 0. The number of benzene rings is 1. The summed E-state index contributed by atoms with van der Waals surface area (Å²) in [4.78, 5) is 8.25. The second-order valence-electron chi connectivity index (χ2n) is 3.36. The molecule has 94 valence electrons. The minimum atomic E-state index is 0.325.